The second kappa shape index (κ2) is 6.20. The van der Waals surface area contributed by atoms with E-state index in [0.29, 0.717) is 11.3 Å². The number of hydrogen-bond donors (Lipinski definition) is 1. The van der Waals surface area contributed by atoms with Crippen molar-refractivity contribution in [1.82, 2.24) is 4.98 Å². The van der Waals surface area contributed by atoms with Crippen LogP contribution in [0.4, 0.5) is 0 Å². The number of ether oxygens (including phenoxy) is 2. The maximum Gasteiger partial charge on any atom is 0.248 e. The molecule has 0 aliphatic rings. The molecule has 0 spiro atoms. The average molecular weight is 322 g/mol. The summed E-state index contributed by atoms with van der Waals surface area (Å²) >= 11 is 0. The third-order valence-electron chi connectivity index (χ3n) is 3.98. The van der Waals surface area contributed by atoms with E-state index < -0.39 is 5.91 Å². The fourth-order valence-electron chi connectivity index (χ4n) is 2.66. The molecule has 1 heterocycles. The monoisotopic (exact) mass is 322 g/mol. The number of carbonyl (C=O) groups excluding carboxylic acids is 1. The van der Waals surface area contributed by atoms with Crippen LogP contribution in [0.1, 0.15) is 15.9 Å². The van der Waals surface area contributed by atoms with Crippen LogP contribution in [0.15, 0.2) is 42.5 Å². The minimum Gasteiger partial charge on any atom is -0.497 e. The van der Waals surface area contributed by atoms with E-state index in [0.717, 1.165) is 33.5 Å². The molecule has 0 saturated heterocycles. The lowest BCUT2D eigenvalue weighted by molar-refractivity contribution is 0.100. The fourth-order valence-corrected chi connectivity index (χ4v) is 2.66. The Morgan fingerprint density at radius 2 is 1.75 bits per heavy atom. The lowest BCUT2D eigenvalue weighted by Crippen LogP contribution is -2.10. The Hall–Kier alpha value is -3.08. The van der Waals surface area contributed by atoms with Gasteiger partial charge < -0.3 is 15.2 Å². The number of aromatic nitrogens is 1. The van der Waals surface area contributed by atoms with E-state index in [1.165, 1.54) is 0 Å². The quantitative estimate of drug-likeness (QED) is 0.799. The van der Waals surface area contributed by atoms with Crippen LogP contribution in [0.2, 0.25) is 0 Å². The first kappa shape index (κ1) is 15.8. The molecule has 3 aromatic rings. The molecule has 0 aliphatic carbocycles. The van der Waals surface area contributed by atoms with Gasteiger partial charge >= 0.3 is 0 Å². The molecule has 1 aromatic heterocycles. The van der Waals surface area contributed by atoms with Crippen LogP contribution in [0.5, 0.6) is 11.5 Å². The molecule has 0 saturated carbocycles. The molecule has 24 heavy (non-hydrogen) atoms. The molecule has 5 nitrogen and oxygen atoms in total. The number of carbonyl (C=O) groups is 1. The molecule has 0 radical (unpaired) electrons. The molecule has 5 heteroatoms. The van der Waals surface area contributed by atoms with Crippen molar-refractivity contribution in [3.8, 4) is 22.8 Å². The number of nitrogens with zero attached hydrogens (tertiary/aromatic N) is 1. The standard InChI is InChI=1S/C19H18N2O3/c1-11-8-16(12-4-6-13(7-5-12)19(20)22)21-18-15(11)9-14(23-2)10-17(18)24-3/h4-10H,1-3H3,(H2,20,22). The van der Waals surface area contributed by atoms with Crippen molar-refractivity contribution in [2.24, 2.45) is 5.73 Å². The number of methoxy groups -OCH3 is 2. The fraction of sp³-hybridized carbons (Fsp3) is 0.158. The summed E-state index contributed by atoms with van der Waals surface area (Å²) in [6.07, 6.45) is 0. The van der Waals surface area contributed by atoms with E-state index in [-0.39, 0.29) is 0 Å². The molecule has 2 N–H and O–H groups in total. The molecule has 1 amide bonds. The number of aryl methyl sites for hydroxylation is 1. The summed E-state index contributed by atoms with van der Waals surface area (Å²) in [6, 6.07) is 12.8. The van der Waals surface area contributed by atoms with E-state index in [2.05, 4.69) is 0 Å². The zero-order chi connectivity index (χ0) is 17.3. The highest BCUT2D eigenvalue weighted by Crippen LogP contribution is 2.34. The van der Waals surface area contributed by atoms with E-state index in [4.69, 9.17) is 20.2 Å². The maximum atomic E-state index is 11.2. The van der Waals surface area contributed by atoms with Gasteiger partial charge in [0, 0.05) is 22.6 Å². The smallest absolute Gasteiger partial charge is 0.248 e. The van der Waals surface area contributed by atoms with E-state index in [1.807, 2.05) is 37.3 Å². The highest BCUT2D eigenvalue weighted by molar-refractivity contribution is 5.94. The minimum absolute atomic E-state index is 0.446. The van der Waals surface area contributed by atoms with Gasteiger partial charge in [-0.15, -0.1) is 0 Å². The number of amides is 1. The zero-order valence-corrected chi connectivity index (χ0v) is 13.8. The molecule has 3 rings (SSSR count). The average Bonchev–Trinajstić information content (AvgIpc) is 2.61. The summed E-state index contributed by atoms with van der Waals surface area (Å²) in [5, 5.41) is 0.976. The van der Waals surface area contributed by atoms with E-state index in [9.17, 15) is 4.79 Å². The van der Waals surface area contributed by atoms with Crippen molar-refractivity contribution in [3.05, 3.63) is 53.6 Å². The Bertz CT molecular complexity index is 918. The zero-order valence-electron chi connectivity index (χ0n) is 13.8. The topological polar surface area (TPSA) is 74.4 Å². The molecule has 0 fully saturated rings. The van der Waals surface area contributed by atoms with Gasteiger partial charge in [0.05, 0.1) is 19.9 Å². The van der Waals surface area contributed by atoms with Crippen molar-refractivity contribution in [3.63, 3.8) is 0 Å². The Morgan fingerprint density at radius 1 is 1.04 bits per heavy atom. The Balaban J connectivity index is 2.18. The number of benzene rings is 2. The Labute approximate surface area is 140 Å². The summed E-state index contributed by atoms with van der Waals surface area (Å²) in [5.41, 5.74) is 9.30. The lowest BCUT2D eigenvalue weighted by atomic mass is 10.0. The minimum atomic E-state index is -0.446. The Morgan fingerprint density at radius 3 is 2.33 bits per heavy atom. The van der Waals surface area contributed by atoms with Crippen molar-refractivity contribution >= 4 is 16.8 Å². The normalized spacial score (nSPS) is 10.6. The van der Waals surface area contributed by atoms with Crippen LogP contribution in [-0.2, 0) is 0 Å². The van der Waals surface area contributed by atoms with Gasteiger partial charge in [0.2, 0.25) is 5.91 Å². The van der Waals surface area contributed by atoms with Crippen molar-refractivity contribution in [2.75, 3.05) is 14.2 Å². The van der Waals surface area contributed by atoms with Crippen LogP contribution < -0.4 is 15.2 Å². The molecule has 0 unspecified atom stereocenters. The van der Waals surface area contributed by atoms with Gasteiger partial charge in [-0.1, -0.05) is 12.1 Å². The molecule has 0 atom stereocenters. The van der Waals surface area contributed by atoms with Crippen molar-refractivity contribution in [1.29, 1.82) is 0 Å². The first-order valence-electron chi connectivity index (χ1n) is 7.47. The van der Waals surface area contributed by atoms with Gasteiger partial charge in [0.1, 0.15) is 17.0 Å². The van der Waals surface area contributed by atoms with Gasteiger partial charge in [0.15, 0.2) is 0 Å². The number of primary amides is 1. The van der Waals surface area contributed by atoms with Gasteiger partial charge in [-0.3, -0.25) is 4.79 Å². The van der Waals surface area contributed by atoms with E-state index >= 15 is 0 Å². The summed E-state index contributed by atoms with van der Waals surface area (Å²) < 4.78 is 10.8. The molecule has 122 valence electrons. The number of hydrogen-bond acceptors (Lipinski definition) is 4. The van der Waals surface area contributed by atoms with Crippen LogP contribution in [0, 0.1) is 6.92 Å². The summed E-state index contributed by atoms with van der Waals surface area (Å²) in [5.74, 6) is 0.934. The number of fused-ring (bicyclic) bond motifs is 1. The van der Waals surface area contributed by atoms with Crippen LogP contribution in [-0.4, -0.2) is 25.1 Å². The first-order valence-corrected chi connectivity index (χ1v) is 7.47. The van der Waals surface area contributed by atoms with Crippen LogP contribution in [0.25, 0.3) is 22.2 Å². The van der Waals surface area contributed by atoms with Crippen LogP contribution in [0.3, 0.4) is 0 Å². The Kier molecular flexibility index (Phi) is 4.08. The second-order valence-electron chi connectivity index (χ2n) is 5.49. The highest BCUT2D eigenvalue weighted by atomic mass is 16.5. The molecule has 0 bridgehead atoms. The first-order chi connectivity index (χ1) is 11.5. The van der Waals surface area contributed by atoms with E-state index in [1.54, 1.807) is 26.4 Å². The highest BCUT2D eigenvalue weighted by Gasteiger charge is 2.12. The second-order valence-corrected chi connectivity index (χ2v) is 5.49. The predicted molar refractivity (Wildman–Crippen MR) is 93.5 cm³/mol. The third kappa shape index (κ3) is 2.76. The number of nitrogens with two attached hydrogens (primary N) is 1. The lowest BCUT2D eigenvalue weighted by Gasteiger charge is -2.12. The summed E-state index contributed by atoms with van der Waals surface area (Å²) in [7, 11) is 3.23. The van der Waals surface area contributed by atoms with Crippen molar-refractivity contribution in [2.45, 2.75) is 6.92 Å². The molecular formula is C19H18N2O3. The number of rotatable bonds is 4. The van der Waals surface area contributed by atoms with Crippen molar-refractivity contribution < 1.29 is 14.3 Å². The largest absolute Gasteiger partial charge is 0.497 e. The molecule has 2 aromatic carbocycles. The van der Waals surface area contributed by atoms with Gasteiger partial charge in [0.25, 0.3) is 0 Å². The SMILES string of the molecule is COc1cc(OC)c2nc(-c3ccc(C(N)=O)cc3)cc(C)c2c1. The predicted octanol–water partition coefficient (Wildman–Crippen LogP) is 3.33. The van der Waals surface area contributed by atoms with Crippen LogP contribution >= 0.6 is 0 Å². The molecular weight excluding hydrogens is 304 g/mol. The third-order valence-corrected chi connectivity index (χ3v) is 3.98. The summed E-state index contributed by atoms with van der Waals surface area (Å²) in [4.78, 5) is 15.9. The molecule has 0 aliphatic heterocycles. The van der Waals surface area contributed by atoms with Gasteiger partial charge in [-0.2, -0.15) is 0 Å². The van der Waals surface area contributed by atoms with Gasteiger partial charge in [-0.25, -0.2) is 4.98 Å². The number of pyridine rings is 1. The maximum absolute atomic E-state index is 11.2. The summed E-state index contributed by atoms with van der Waals surface area (Å²) in [6.45, 7) is 2.02. The van der Waals surface area contributed by atoms with Gasteiger partial charge in [-0.05, 0) is 36.8 Å².